The van der Waals surface area contributed by atoms with Crippen molar-refractivity contribution in [2.24, 2.45) is 0 Å². The minimum Gasteiger partial charge on any atom is -0.479 e. The monoisotopic (exact) mass is 447 g/mol. The maximum atomic E-state index is 12.9. The Kier molecular flexibility index (Phi) is 5.57. The van der Waals surface area contributed by atoms with Gasteiger partial charge in [-0.3, -0.25) is 9.59 Å². The van der Waals surface area contributed by atoms with Crippen molar-refractivity contribution in [1.82, 2.24) is 0 Å². The molecule has 0 saturated carbocycles. The van der Waals surface area contributed by atoms with Crippen molar-refractivity contribution >= 4 is 40.2 Å². The summed E-state index contributed by atoms with van der Waals surface area (Å²) in [6, 6.07) is 17.5. The molecule has 32 heavy (non-hydrogen) atoms. The summed E-state index contributed by atoms with van der Waals surface area (Å²) in [5, 5.41) is 5.21. The Morgan fingerprint density at radius 2 is 1.91 bits per heavy atom. The fraction of sp³-hybridized carbons (Fsp3) is 0.280. The number of thiophene rings is 1. The number of fused-ring (bicyclic) bond motifs is 2. The Labute approximate surface area is 191 Å². The molecule has 2 amide bonds. The first-order chi connectivity index (χ1) is 15.6. The number of nitrogens with zero attached hydrogens (tertiary/aromatic N) is 2. The predicted octanol–water partition coefficient (Wildman–Crippen LogP) is 4.45. The Balaban J connectivity index is 1.27. The van der Waals surface area contributed by atoms with Crippen molar-refractivity contribution in [2.75, 3.05) is 28.2 Å². The van der Waals surface area contributed by atoms with Gasteiger partial charge < -0.3 is 19.9 Å². The van der Waals surface area contributed by atoms with Crippen molar-refractivity contribution in [2.45, 2.75) is 32.4 Å². The third-order valence-corrected chi connectivity index (χ3v) is 6.99. The molecule has 164 valence electrons. The van der Waals surface area contributed by atoms with Crippen LogP contribution in [0.3, 0.4) is 0 Å². The summed E-state index contributed by atoms with van der Waals surface area (Å²) in [6.45, 7) is 3.82. The molecule has 1 unspecified atom stereocenters. The van der Waals surface area contributed by atoms with Crippen LogP contribution < -0.4 is 19.9 Å². The normalized spacial score (nSPS) is 17.4. The van der Waals surface area contributed by atoms with Gasteiger partial charge in [0, 0.05) is 30.9 Å². The largest absolute Gasteiger partial charge is 0.479 e. The Morgan fingerprint density at radius 1 is 1.12 bits per heavy atom. The zero-order chi connectivity index (χ0) is 22.1. The van der Waals surface area contributed by atoms with E-state index in [2.05, 4.69) is 27.7 Å². The summed E-state index contributed by atoms with van der Waals surface area (Å²) in [4.78, 5) is 30.9. The van der Waals surface area contributed by atoms with E-state index in [1.165, 1.54) is 10.4 Å². The molecule has 0 aliphatic carbocycles. The molecule has 0 bridgehead atoms. The maximum absolute atomic E-state index is 12.9. The van der Waals surface area contributed by atoms with E-state index in [4.69, 9.17) is 4.74 Å². The molecule has 5 rings (SSSR count). The number of rotatable bonds is 5. The van der Waals surface area contributed by atoms with Crippen LogP contribution in [0, 0.1) is 0 Å². The summed E-state index contributed by atoms with van der Waals surface area (Å²) in [5.74, 6) is 0.426. The van der Waals surface area contributed by atoms with Crippen LogP contribution in [0.25, 0.3) is 0 Å². The highest BCUT2D eigenvalue weighted by Crippen LogP contribution is 2.34. The van der Waals surface area contributed by atoms with Crippen LogP contribution in [0.1, 0.15) is 23.8 Å². The van der Waals surface area contributed by atoms with Gasteiger partial charge in [0.25, 0.3) is 5.91 Å². The van der Waals surface area contributed by atoms with Gasteiger partial charge >= 0.3 is 0 Å². The van der Waals surface area contributed by atoms with E-state index in [1.807, 2.05) is 53.8 Å². The van der Waals surface area contributed by atoms with Gasteiger partial charge in [0.15, 0.2) is 6.10 Å². The van der Waals surface area contributed by atoms with Gasteiger partial charge in [0.05, 0.1) is 17.1 Å². The summed E-state index contributed by atoms with van der Waals surface area (Å²) in [6.07, 6.45) is 0.664. The molecule has 1 aromatic heterocycles. The highest BCUT2D eigenvalue weighted by molar-refractivity contribution is 7.10. The van der Waals surface area contributed by atoms with Gasteiger partial charge in [-0.15, -0.1) is 11.3 Å². The molecule has 1 N–H and O–H groups in total. The summed E-state index contributed by atoms with van der Waals surface area (Å²) in [5.41, 5.74) is 3.90. The molecule has 0 saturated heterocycles. The summed E-state index contributed by atoms with van der Waals surface area (Å²) < 4.78 is 5.68. The van der Waals surface area contributed by atoms with Crippen LogP contribution in [0.5, 0.6) is 5.75 Å². The first kappa shape index (κ1) is 20.6. The van der Waals surface area contributed by atoms with Crippen LogP contribution in [0.4, 0.5) is 17.1 Å². The average molecular weight is 448 g/mol. The van der Waals surface area contributed by atoms with Crippen molar-refractivity contribution in [3.63, 3.8) is 0 Å². The van der Waals surface area contributed by atoms with Crippen LogP contribution in [-0.2, 0) is 22.6 Å². The topological polar surface area (TPSA) is 61.9 Å². The van der Waals surface area contributed by atoms with Gasteiger partial charge in [0.2, 0.25) is 5.91 Å². The second kappa shape index (κ2) is 8.67. The zero-order valence-corrected chi connectivity index (χ0v) is 18.7. The number of carbonyl (C=O) groups is 2. The van der Waals surface area contributed by atoms with Gasteiger partial charge in [0.1, 0.15) is 5.75 Å². The smallest absolute Gasteiger partial charge is 0.267 e. The molecule has 2 aliphatic heterocycles. The standard InChI is InChI=1S/C25H25N3O3S/c1-17-25(30)28(21-8-4-5-9-22(21)31-17)14-11-24(29)26-19-6-2-3-7-20(19)27-13-10-23-18(16-27)12-15-32-23/h2-9,12,15,17H,10-11,13-14,16H2,1H3,(H,26,29). The summed E-state index contributed by atoms with van der Waals surface area (Å²) >= 11 is 1.82. The number of amides is 2. The summed E-state index contributed by atoms with van der Waals surface area (Å²) in [7, 11) is 0. The molecule has 0 fully saturated rings. The number of carbonyl (C=O) groups excluding carboxylic acids is 2. The Hall–Kier alpha value is -3.32. The highest BCUT2D eigenvalue weighted by Gasteiger charge is 2.31. The van der Waals surface area contributed by atoms with Crippen molar-refractivity contribution < 1.29 is 14.3 Å². The van der Waals surface area contributed by atoms with Crippen molar-refractivity contribution in [3.8, 4) is 5.75 Å². The van der Waals surface area contributed by atoms with Crippen LogP contribution in [0.2, 0.25) is 0 Å². The molecule has 7 heteroatoms. The van der Waals surface area contributed by atoms with Crippen molar-refractivity contribution in [3.05, 3.63) is 70.4 Å². The van der Waals surface area contributed by atoms with E-state index >= 15 is 0 Å². The number of ether oxygens (including phenoxy) is 1. The first-order valence-electron chi connectivity index (χ1n) is 10.9. The minimum absolute atomic E-state index is 0.116. The lowest BCUT2D eigenvalue weighted by Gasteiger charge is -2.33. The molecular weight excluding hydrogens is 422 g/mol. The van der Waals surface area contributed by atoms with Crippen molar-refractivity contribution in [1.29, 1.82) is 0 Å². The highest BCUT2D eigenvalue weighted by atomic mass is 32.1. The average Bonchev–Trinajstić information content (AvgIpc) is 3.28. The molecule has 3 aromatic rings. The van der Waals surface area contributed by atoms with E-state index in [0.717, 1.165) is 30.9 Å². The lowest BCUT2D eigenvalue weighted by molar-refractivity contribution is -0.125. The number of nitrogens with one attached hydrogen (secondary N) is 1. The van der Waals surface area contributed by atoms with Crippen LogP contribution in [0.15, 0.2) is 60.0 Å². The quantitative estimate of drug-likeness (QED) is 0.628. The fourth-order valence-electron chi connectivity index (χ4n) is 4.32. The first-order valence-corrected chi connectivity index (χ1v) is 11.7. The second-order valence-electron chi connectivity index (χ2n) is 8.07. The molecule has 1 atom stereocenters. The SMILES string of the molecule is CC1Oc2ccccc2N(CCC(=O)Nc2ccccc2N2CCc3sccc3C2)C1=O. The van der Waals surface area contributed by atoms with Gasteiger partial charge in [-0.2, -0.15) is 0 Å². The van der Waals surface area contributed by atoms with Gasteiger partial charge in [-0.1, -0.05) is 24.3 Å². The predicted molar refractivity (Wildman–Crippen MR) is 128 cm³/mol. The third kappa shape index (κ3) is 3.96. The lowest BCUT2D eigenvalue weighted by Crippen LogP contribution is -2.45. The Bertz CT molecular complexity index is 1160. The van der Waals surface area contributed by atoms with E-state index in [1.54, 1.807) is 11.8 Å². The van der Waals surface area contributed by atoms with E-state index in [0.29, 0.717) is 18.0 Å². The zero-order valence-electron chi connectivity index (χ0n) is 17.9. The molecule has 6 nitrogen and oxygen atoms in total. The maximum Gasteiger partial charge on any atom is 0.267 e. The van der Waals surface area contributed by atoms with E-state index in [-0.39, 0.29) is 18.2 Å². The molecule has 3 heterocycles. The minimum atomic E-state index is -0.560. The number of hydrogen-bond acceptors (Lipinski definition) is 5. The van der Waals surface area contributed by atoms with E-state index in [9.17, 15) is 9.59 Å². The van der Waals surface area contributed by atoms with E-state index < -0.39 is 6.10 Å². The number of anilines is 3. The fourth-order valence-corrected chi connectivity index (χ4v) is 5.21. The number of hydrogen-bond donors (Lipinski definition) is 1. The number of benzene rings is 2. The Morgan fingerprint density at radius 3 is 2.78 bits per heavy atom. The van der Waals surface area contributed by atoms with Crippen LogP contribution >= 0.6 is 11.3 Å². The molecule has 0 spiro atoms. The van der Waals surface area contributed by atoms with Crippen LogP contribution in [-0.4, -0.2) is 31.0 Å². The molecular formula is C25H25N3O3S. The molecule has 2 aromatic carbocycles. The molecule has 2 aliphatic rings. The third-order valence-electron chi connectivity index (χ3n) is 5.96. The lowest BCUT2D eigenvalue weighted by atomic mass is 10.1. The number of para-hydroxylation sites is 4. The molecule has 0 radical (unpaired) electrons. The van der Waals surface area contributed by atoms with Gasteiger partial charge in [-0.05, 0) is 54.6 Å². The second-order valence-corrected chi connectivity index (χ2v) is 9.07. The van der Waals surface area contributed by atoms with Gasteiger partial charge in [-0.25, -0.2) is 0 Å².